The first kappa shape index (κ1) is 13.3. The Balaban J connectivity index is 2.75. The van der Waals surface area contributed by atoms with E-state index in [0.717, 1.165) is 18.9 Å². The molecule has 0 N–H and O–H groups in total. The van der Waals surface area contributed by atoms with E-state index >= 15 is 0 Å². The number of rotatable bonds is 4. The van der Waals surface area contributed by atoms with Crippen LogP contribution in [0.5, 0.6) is 0 Å². The molecule has 1 rings (SSSR count). The molecule has 0 radical (unpaired) electrons. The molecule has 1 atom stereocenters. The number of nitrogens with zero attached hydrogens (tertiary/aromatic N) is 1. The van der Waals surface area contributed by atoms with Crippen LogP contribution in [0.25, 0.3) is 0 Å². The van der Waals surface area contributed by atoms with E-state index in [9.17, 15) is 13.2 Å². The molecule has 0 aliphatic carbocycles. The predicted octanol–water partition coefficient (Wildman–Crippen LogP) is 4.05. The van der Waals surface area contributed by atoms with Crippen molar-refractivity contribution in [2.24, 2.45) is 0 Å². The normalized spacial score (nSPS) is 13.8. The minimum Gasteiger partial charge on any atom is -0.248 e. The smallest absolute Gasteiger partial charge is 0.248 e. The summed E-state index contributed by atoms with van der Waals surface area (Å²) in [6.45, 7) is 1.98. The first-order chi connectivity index (χ1) is 7.43. The van der Waals surface area contributed by atoms with E-state index in [1.807, 2.05) is 6.92 Å². The van der Waals surface area contributed by atoms with E-state index in [4.69, 9.17) is 11.6 Å². The van der Waals surface area contributed by atoms with Crippen LogP contribution in [-0.4, -0.2) is 10.4 Å². The maximum absolute atomic E-state index is 12.4. The SMILES string of the molecule is CCCC(Cl)Cc1cccc(C(F)(F)F)n1. The van der Waals surface area contributed by atoms with Crippen LogP contribution in [0.3, 0.4) is 0 Å². The average molecular weight is 252 g/mol. The molecule has 90 valence electrons. The molecule has 1 nitrogen and oxygen atoms in total. The zero-order chi connectivity index (χ0) is 12.2. The van der Waals surface area contributed by atoms with Crippen molar-refractivity contribution in [3.8, 4) is 0 Å². The number of pyridine rings is 1. The molecule has 1 aromatic rings. The molecule has 16 heavy (non-hydrogen) atoms. The van der Waals surface area contributed by atoms with Crippen LogP contribution in [0.2, 0.25) is 0 Å². The Kier molecular flexibility index (Phi) is 4.59. The number of hydrogen-bond donors (Lipinski definition) is 0. The van der Waals surface area contributed by atoms with Gasteiger partial charge in [-0.1, -0.05) is 19.4 Å². The molecule has 0 bridgehead atoms. The Hall–Kier alpha value is -0.770. The van der Waals surface area contributed by atoms with Crippen molar-refractivity contribution in [2.45, 2.75) is 37.7 Å². The molecule has 0 aromatic carbocycles. The van der Waals surface area contributed by atoms with Gasteiger partial charge in [-0.3, -0.25) is 0 Å². The molecule has 1 heterocycles. The third-order valence-corrected chi connectivity index (χ3v) is 2.50. The van der Waals surface area contributed by atoms with Gasteiger partial charge >= 0.3 is 6.18 Å². The molecular weight excluding hydrogens is 239 g/mol. The summed E-state index contributed by atoms with van der Waals surface area (Å²) in [6, 6.07) is 3.90. The maximum atomic E-state index is 12.4. The van der Waals surface area contributed by atoms with Gasteiger partial charge in [-0.05, 0) is 18.6 Å². The summed E-state index contributed by atoms with van der Waals surface area (Å²) in [4.78, 5) is 3.56. The van der Waals surface area contributed by atoms with E-state index in [1.165, 1.54) is 6.07 Å². The fraction of sp³-hybridized carbons (Fsp3) is 0.545. The third kappa shape index (κ3) is 4.00. The molecule has 1 unspecified atom stereocenters. The second kappa shape index (κ2) is 5.53. The average Bonchev–Trinajstić information content (AvgIpc) is 2.17. The number of hydrogen-bond acceptors (Lipinski definition) is 1. The van der Waals surface area contributed by atoms with E-state index in [0.29, 0.717) is 12.1 Å². The van der Waals surface area contributed by atoms with Gasteiger partial charge in [0.2, 0.25) is 0 Å². The van der Waals surface area contributed by atoms with Gasteiger partial charge < -0.3 is 0 Å². The fourth-order valence-corrected chi connectivity index (χ4v) is 1.77. The van der Waals surface area contributed by atoms with Crippen LogP contribution in [0.4, 0.5) is 13.2 Å². The lowest BCUT2D eigenvalue weighted by molar-refractivity contribution is -0.141. The highest BCUT2D eigenvalue weighted by atomic mass is 35.5. The maximum Gasteiger partial charge on any atom is 0.433 e. The quantitative estimate of drug-likeness (QED) is 0.736. The molecule has 0 fully saturated rings. The molecule has 5 heteroatoms. The van der Waals surface area contributed by atoms with Crippen LogP contribution in [-0.2, 0) is 12.6 Å². The minimum absolute atomic E-state index is 0.152. The molecule has 1 aromatic heterocycles. The van der Waals surface area contributed by atoms with Gasteiger partial charge in [-0.15, -0.1) is 11.6 Å². The lowest BCUT2D eigenvalue weighted by Crippen LogP contribution is -2.11. The standard InChI is InChI=1S/C11H13ClF3N/c1-2-4-8(12)7-9-5-3-6-10(16-9)11(13,14)15/h3,5-6,8H,2,4,7H2,1H3. The molecular formula is C11H13ClF3N. The van der Waals surface area contributed by atoms with Crippen LogP contribution in [0.15, 0.2) is 18.2 Å². The molecule has 0 spiro atoms. The second-order valence-corrected chi connectivity index (χ2v) is 4.22. The van der Waals surface area contributed by atoms with Gasteiger partial charge in [0, 0.05) is 17.5 Å². The summed E-state index contributed by atoms with van der Waals surface area (Å²) in [5.74, 6) is 0. The predicted molar refractivity (Wildman–Crippen MR) is 57.5 cm³/mol. The van der Waals surface area contributed by atoms with Gasteiger partial charge in [-0.25, -0.2) is 4.98 Å². The van der Waals surface area contributed by atoms with Crippen molar-refractivity contribution in [1.29, 1.82) is 0 Å². The largest absolute Gasteiger partial charge is 0.433 e. The third-order valence-electron chi connectivity index (χ3n) is 2.13. The summed E-state index contributed by atoms with van der Waals surface area (Å²) in [5.41, 5.74) is -0.464. The van der Waals surface area contributed by atoms with Crippen LogP contribution in [0.1, 0.15) is 31.2 Å². The molecule has 0 aliphatic rings. The topological polar surface area (TPSA) is 12.9 Å². The highest BCUT2D eigenvalue weighted by molar-refractivity contribution is 6.20. The lowest BCUT2D eigenvalue weighted by atomic mass is 10.1. The molecule has 0 aliphatic heterocycles. The number of aromatic nitrogens is 1. The first-order valence-electron chi connectivity index (χ1n) is 5.10. The summed E-state index contributed by atoms with van der Waals surface area (Å²) >= 11 is 5.96. The van der Waals surface area contributed by atoms with Crippen molar-refractivity contribution in [3.63, 3.8) is 0 Å². The summed E-state index contributed by atoms with van der Waals surface area (Å²) in [5, 5.41) is -0.152. The van der Waals surface area contributed by atoms with Gasteiger partial charge in [0.1, 0.15) is 5.69 Å². The second-order valence-electron chi connectivity index (χ2n) is 3.60. The van der Waals surface area contributed by atoms with Crippen molar-refractivity contribution in [2.75, 3.05) is 0 Å². The first-order valence-corrected chi connectivity index (χ1v) is 5.54. The Bertz CT molecular complexity index is 338. The van der Waals surface area contributed by atoms with E-state index in [1.54, 1.807) is 6.07 Å². The summed E-state index contributed by atoms with van der Waals surface area (Å²) < 4.78 is 37.1. The lowest BCUT2D eigenvalue weighted by Gasteiger charge is -2.10. The minimum atomic E-state index is -4.39. The van der Waals surface area contributed by atoms with Gasteiger partial charge in [-0.2, -0.15) is 13.2 Å². The Morgan fingerprint density at radius 3 is 2.62 bits per heavy atom. The van der Waals surface area contributed by atoms with Crippen molar-refractivity contribution >= 4 is 11.6 Å². The summed E-state index contributed by atoms with van der Waals surface area (Å²) in [7, 11) is 0. The molecule has 0 saturated heterocycles. The van der Waals surface area contributed by atoms with Crippen LogP contribution >= 0.6 is 11.6 Å². The Labute approximate surface area is 97.6 Å². The van der Waals surface area contributed by atoms with Gasteiger partial charge in [0.15, 0.2) is 0 Å². The van der Waals surface area contributed by atoms with E-state index < -0.39 is 11.9 Å². The monoisotopic (exact) mass is 251 g/mol. The summed E-state index contributed by atoms with van der Waals surface area (Å²) in [6.07, 6.45) is -2.32. The Morgan fingerprint density at radius 2 is 2.06 bits per heavy atom. The van der Waals surface area contributed by atoms with Crippen molar-refractivity contribution in [3.05, 3.63) is 29.6 Å². The van der Waals surface area contributed by atoms with Crippen LogP contribution in [0, 0.1) is 0 Å². The number of alkyl halides is 4. The zero-order valence-corrected chi connectivity index (χ0v) is 9.65. The van der Waals surface area contributed by atoms with E-state index in [2.05, 4.69) is 4.98 Å². The zero-order valence-electron chi connectivity index (χ0n) is 8.89. The van der Waals surface area contributed by atoms with Crippen molar-refractivity contribution in [1.82, 2.24) is 4.98 Å². The highest BCUT2D eigenvalue weighted by Gasteiger charge is 2.32. The molecule has 0 saturated carbocycles. The molecule has 0 amide bonds. The fourth-order valence-electron chi connectivity index (χ4n) is 1.39. The van der Waals surface area contributed by atoms with E-state index in [-0.39, 0.29) is 5.38 Å². The van der Waals surface area contributed by atoms with Gasteiger partial charge in [0.25, 0.3) is 0 Å². The van der Waals surface area contributed by atoms with Crippen LogP contribution < -0.4 is 0 Å². The Morgan fingerprint density at radius 1 is 1.38 bits per heavy atom. The van der Waals surface area contributed by atoms with Crippen molar-refractivity contribution < 1.29 is 13.2 Å². The number of halogens is 4. The van der Waals surface area contributed by atoms with Gasteiger partial charge in [0.05, 0.1) is 0 Å². The highest BCUT2D eigenvalue weighted by Crippen LogP contribution is 2.27.